The lowest BCUT2D eigenvalue weighted by Gasteiger charge is -2.40. The number of aromatic nitrogens is 2. The van der Waals surface area contributed by atoms with Gasteiger partial charge in [0.05, 0.1) is 14.2 Å². The highest BCUT2D eigenvalue weighted by Crippen LogP contribution is 2.41. The Morgan fingerprint density at radius 1 is 1.14 bits per heavy atom. The van der Waals surface area contributed by atoms with E-state index in [0.717, 1.165) is 56.1 Å². The predicted octanol–water partition coefficient (Wildman–Crippen LogP) is 3.70. The number of para-hydroxylation sites is 1. The van der Waals surface area contributed by atoms with Crippen LogP contribution in [0, 0.1) is 5.41 Å². The lowest BCUT2D eigenvalue weighted by Crippen LogP contribution is -2.44. The summed E-state index contributed by atoms with van der Waals surface area (Å²) in [6.07, 6.45) is 3.64. The third-order valence-corrected chi connectivity index (χ3v) is 6.26. The van der Waals surface area contributed by atoms with Crippen LogP contribution in [0.5, 0.6) is 11.5 Å². The highest BCUT2D eigenvalue weighted by atomic mass is 16.5. The zero-order chi connectivity index (χ0) is 20.4. The van der Waals surface area contributed by atoms with E-state index in [0.29, 0.717) is 5.41 Å². The van der Waals surface area contributed by atoms with Crippen molar-refractivity contribution >= 4 is 5.95 Å². The van der Waals surface area contributed by atoms with Gasteiger partial charge in [0.2, 0.25) is 5.89 Å². The van der Waals surface area contributed by atoms with Crippen LogP contribution in [-0.4, -0.2) is 55.4 Å². The van der Waals surface area contributed by atoms with Gasteiger partial charge in [-0.05, 0) is 37.0 Å². The molecule has 7 nitrogen and oxygen atoms in total. The second-order valence-corrected chi connectivity index (χ2v) is 8.73. The van der Waals surface area contributed by atoms with Gasteiger partial charge < -0.3 is 18.9 Å². The molecule has 158 valence electrons. The van der Waals surface area contributed by atoms with Crippen LogP contribution >= 0.6 is 0 Å². The highest BCUT2D eigenvalue weighted by Gasteiger charge is 2.42. The van der Waals surface area contributed by atoms with Crippen LogP contribution in [0.3, 0.4) is 0 Å². The first kappa shape index (κ1) is 20.0. The molecule has 2 aromatic rings. The molecule has 1 unspecified atom stereocenters. The van der Waals surface area contributed by atoms with Crippen molar-refractivity contribution in [1.82, 2.24) is 15.0 Å². The number of rotatable bonds is 6. The Bertz CT molecular complexity index is 837. The van der Waals surface area contributed by atoms with Crippen molar-refractivity contribution in [2.45, 2.75) is 45.6 Å². The third kappa shape index (κ3) is 4.06. The van der Waals surface area contributed by atoms with Crippen molar-refractivity contribution in [2.24, 2.45) is 5.41 Å². The van der Waals surface area contributed by atoms with Gasteiger partial charge in [-0.1, -0.05) is 26.0 Å². The Morgan fingerprint density at radius 2 is 2.00 bits per heavy atom. The van der Waals surface area contributed by atoms with Crippen LogP contribution in [0.2, 0.25) is 0 Å². The summed E-state index contributed by atoms with van der Waals surface area (Å²) in [5.74, 6) is 3.36. The standard InChI is InChI=1S/C22H32N4O3/c1-16(2)20-23-21(24-29-20)26-12-10-22(15-26)9-6-11-25(14-22)13-17-7-5-8-18(27-3)19(17)28-4/h5,7-8,16H,6,9-15H2,1-4H3. The van der Waals surface area contributed by atoms with Crippen LogP contribution in [0.1, 0.15) is 50.5 Å². The van der Waals surface area contributed by atoms with Gasteiger partial charge in [0, 0.05) is 43.1 Å². The summed E-state index contributed by atoms with van der Waals surface area (Å²) in [5.41, 5.74) is 1.47. The second-order valence-electron chi connectivity index (χ2n) is 8.73. The van der Waals surface area contributed by atoms with E-state index in [9.17, 15) is 0 Å². The molecule has 4 rings (SSSR count). The van der Waals surface area contributed by atoms with Gasteiger partial charge in [0.25, 0.3) is 5.95 Å². The maximum Gasteiger partial charge on any atom is 0.266 e. The molecule has 0 N–H and O–H groups in total. The van der Waals surface area contributed by atoms with E-state index in [1.165, 1.54) is 24.8 Å². The topological polar surface area (TPSA) is 63.9 Å². The summed E-state index contributed by atoms with van der Waals surface area (Å²) in [7, 11) is 3.40. The molecular formula is C22H32N4O3. The van der Waals surface area contributed by atoms with E-state index >= 15 is 0 Å². The van der Waals surface area contributed by atoms with Crippen molar-refractivity contribution in [3.8, 4) is 11.5 Å². The van der Waals surface area contributed by atoms with Gasteiger partial charge in [0.1, 0.15) is 0 Å². The average Bonchev–Trinajstić information content (AvgIpc) is 3.36. The van der Waals surface area contributed by atoms with E-state index in [1.54, 1.807) is 14.2 Å². The Hall–Kier alpha value is -2.28. The molecule has 1 aromatic heterocycles. The summed E-state index contributed by atoms with van der Waals surface area (Å²) in [6.45, 7) is 9.22. The van der Waals surface area contributed by atoms with Crippen molar-refractivity contribution in [1.29, 1.82) is 0 Å². The molecule has 2 fully saturated rings. The van der Waals surface area contributed by atoms with Crippen LogP contribution in [-0.2, 0) is 6.54 Å². The monoisotopic (exact) mass is 400 g/mol. The van der Waals surface area contributed by atoms with E-state index < -0.39 is 0 Å². The number of ether oxygens (including phenoxy) is 2. The Balaban J connectivity index is 1.45. The molecule has 0 amide bonds. The van der Waals surface area contributed by atoms with Crippen LogP contribution in [0.25, 0.3) is 0 Å². The molecule has 2 aliphatic heterocycles. The van der Waals surface area contributed by atoms with E-state index in [1.807, 2.05) is 12.1 Å². The second kappa shape index (κ2) is 8.22. The number of hydrogen-bond donors (Lipinski definition) is 0. The normalized spacial score (nSPS) is 22.6. The molecule has 0 bridgehead atoms. The molecule has 2 aliphatic rings. The first-order valence-electron chi connectivity index (χ1n) is 10.5. The van der Waals surface area contributed by atoms with E-state index in [2.05, 4.69) is 39.9 Å². The summed E-state index contributed by atoms with van der Waals surface area (Å²) in [6, 6.07) is 6.12. The fraction of sp³-hybridized carbons (Fsp3) is 0.636. The molecule has 2 saturated heterocycles. The number of anilines is 1. The molecule has 1 spiro atoms. The van der Waals surface area contributed by atoms with Gasteiger partial charge in [-0.2, -0.15) is 4.98 Å². The smallest absolute Gasteiger partial charge is 0.266 e. The quantitative estimate of drug-likeness (QED) is 0.732. The first-order valence-corrected chi connectivity index (χ1v) is 10.5. The zero-order valence-electron chi connectivity index (χ0n) is 18.0. The highest BCUT2D eigenvalue weighted by molar-refractivity contribution is 5.46. The molecular weight excluding hydrogens is 368 g/mol. The average molecular weight is 401 g/mol. The van der Waals surface area contributed by atoms with E-state index in [4.69, 9.17) is 14.0 Å². The predicted molar refractivity (Wildman–Crippen MR) is 112 cm³/mol. The number of likely N-dealkylation sites (tertiary alicyclic amines) is 1. The minimum Gasteiger partial charge on any atom is -0.493 e. The zero-order valence-corrected chi connectivity index (χ0v) is 18.0. The van der Waals surface area contributed by atoms with Gasteiger partial charge >= 0.3 is 0 Å². The van der Waals surface area contributed by atoms with Crippen LogP contribution < -0.4 is 14.4 Å². The van der Waals surface area contributed by atoms with Gasteiger partial charge in [-0.25, -0.2) is 0 Å². The lowest BCUT2D eigenvalue weighted by molar-refractivity contribution is 0.0982. The fourth-order valence-electron chi connectivity index (χ4n) is 4.79. The number of hydrogen-bond acceptors (Lipinski definition) is 7. The lowest BCUT2D eigenvalue weighted by atomic mass is 9.79. The molecule has 0 aliphatic carbocycles. The van der Waals surface area contributed by atoms with Crippen LogP contribution in [0.4, 0.5) is 5.95 Å². The molecule has 3 heterocycles. The summed E-state index contributed by atoms with van der Waals surface area (Å²) >= 11 is 0. The largest absolute Gasteiger partial charge is 0.493 e. The molecule has 0 saturated carbocycles. The summed E-state index contributed by atoms with van der Waals surface area (Å²) in [5, 5.41) is 4.22. The first-order chi connectivity index (χ1) is 14.0. The Kier molecular flexibility index (Phi) is 5.67. The molecule has 7 heteroatoms. The fourth-order valence-corrected chi connectivity index (χ4v) is 4.79. The maximum atomic E-state index is 5.64. The minimum absolute atomic E-state index is 0.260. The van der Waals surface area contributed by atoms with Crippen LogP contribution in [0.15, 0.2) is 22.7 Å². The summed E-state index contributed by atoms with van der Waals surface area (Å²) in [4.78, 5) is 9.45. The number of methoxy groups -OCH3 is 2. The third-order valence-electron chi connectivity index (χ3n) is 6.26. The van der Waals surface area contributed by atoms with Gasteiger partial charge in [0.15, 0.2) is 11.5 Å². The number of nitrogens with zero attached hydrogens (tertiary/aromatic N) is 4. The van der Waals surface area contributed by atoms with E-state index in [-0.39, 0.29) is 5.92 Å². The maximum absolute atomic E-state index is 5.64. The molecule has 0 radical (unpaired) electrons. The van der Waals surface area contributed by atoms with Crippen molar-refractivity contribution in [3.63, 3.8) is 0 Å². The number of piperidine rings is 1. The Morgan fingerprint density at radius 3 is 2.72 bits per heavy atom. The van der Waals surface area contributed by atoms with Crippen molar-refractivity contribution < 1.29 is 14.0 Å². The summed E-state index contributed by atoms with van der Waals surface area (Å²) < 4.78 is 16.5. The van der Waals surface area contributed by atoms with Crippen molar-refractivity contribution in [2.75, 3.05) is 45.3 Å². The van der Waals surface area contributed by atoms with Gasteiger partial charge in [-0.15, -0.1) is 0 Å². The minimum atomic E-state index is 0.260. The number of benzene rings is 1. The SMILES string of the molecule is COc1cccc(CN2CCCC3(CCN(c4noc(C(C)C)n4)C3)C2)c1OC. The molecule has 1 aromatic carbocycles. The van der Waals surface area contributed by atoms with Gasteiger partial charge in [-0.3, -0.25) is 4.90 Å². The Labute approximate surface area is 173 Å². The molecule has 1 atom stereocenters. The molecule has 29 heavy (non-hydrogen) atoms. The van der Waals surface area contributed by atoms with Crippen molar-refractivity contribution in [3.05, 3.63) is 29.7 Å².